The highest BCUT2D eigenvalue weighted by Crippen LogP contribution is 2.25. The number of hydrogen-bond acceptors (Lipinski definition) is 3. The van der Waals surface area contributed by atoms with Gasteiger partial charge in [-0.3, -0.25) is 9.89 Å². The first-order valence-corrected chi connectivity index (χ1v) is 8.45. The lowest BCUT2D eigenvalue weighted by Crippen LogP contribution is -2.23. The topological polar surface area (TPSA) is 67.0 Å². The summed E-state index contributed by atoms with van der Waals surface area (Å²) in [4.78, 5) is 12.3. The lowest BCUT2D eigenvalue weighted by atomic mass is 10.1. The minimum atomic E-state index is -0.213. The summed E-state index contributed by atoms with van der Waals surface area (Å²) in [5, 5.41) is 9.88. The quantitative estimate of drug-likeness (QED) is 0.796. The second kappa shape index (κ2) is 7.64. The third kappa shape index (κ3) is 4.58. The monoisotopic (exact) mass is 379 g/mol. The molecule has 0 atom stereocenters. The van der Waals surface area contributed by atoms with Crippen molar-refractivity contribution in [1.29, 1.82) is 0 Å². The van der Waals surface area contributed by atoms with Crippen molar-refractivity contribution in [2.24, 2.45) is 0 Å². The van der Waals surface area contributed by atoms with Gasteiger partial charge in [-0.15, -0.1) is 0 Å². The van der Waals surface area contributed by atoms with Crippen LogP contribution in [0.3, 0.4) is 0 Å². The molecule has 1 heterocycles. The predicted molar refractivity (Wildman–Crippen MR) is 93.8 cm³/mol. The third-order valence-electron chi connectivity index (χ3n) is 3.25. The number of rotatable bonds is 6. The van der Waals surface area contributed by atoms with Crippen LogP contribution in [0.1, 0.15) is 55.4 Å². The lowest BCUT2D eigenvalue weighted by molar-refractivity contribution is 0.0945. The molecule has 2 rings (SSSR count). The van der Waals surface area contributed by atoms with Crippen LogP contribution in [0, 0.1) is 0 Å². The number of carbonyl (C=O) groups excluding carboxylic acids is 1. The molecule has 0 saturated carbocycles. The van der Waals surface area contributed by atoms with E-state index in [1.54, 1.807) is 0 Å². The molecule has 1 amide bonds. The highest BCUT2D eigenvalue weighted by molar-refractivity contribution is 9.10. The minimum absolute atomic E-state index is 0.120. The van der Waals surface area contributed by atoms with Crippen molar-refractivity contribution >= 4 is 21.8 Å². The summed E-state index contributed by atoms with van der Waals surface area (Å²) >= 11 is 3.44. The van der Waals surface area contributed by atoms with Crippen LogP contribution in [0.25, 0.3) is 0 Å². The normalized spacial score (nSPS) is 11.1. The van der Waals surface area contributed by atoms with E-state index in [4.69, 9.17) is 4.74 Å². The van der Waals surface area contributed by atoms with Gasteiger partial charge >= 0.3 is 0 Å². The summed E-state index contributed by atoms with van der Waals surface area (Å²) in [7, 11) is 0. The molecule has 0 bridgehead atoms. The second-order valence-electron chi connectivity index (χ2n) is 5.95. The van der Waals surface area contributed by atoms with Gasteiger partial charge in [0, 0.05) is 6.54 Å². The Morgan fingerprint density at radius 3 is 2.70 bits per heavy atom. The van der Waals surface area contributed by atoms with E-state index in [9.17, 15) is 4.79 Å². The lowest BCUT2D eigenvalue weighted by Gasteiger charge is -2.11. The highest BCUT2D eigenvalue weighted by atomic mass is 79.9. The zero-order chi connectivity index (χ0) is 17.0. The van der Waals surface area contributed by atoms with Crippen LogP contribution in [0.4, 0.5) is 0 Å². The summed E-state index contributed by atoms with van der Waals surface area (Å²) < 4.78 is 6.38. The van der Waals surface area contributed by atoms with Gasteiger partial charge in [-0.1, -0.05) is 26.0 Å². The van der Waals surface area contributed by atoms with Crippen LogP contribution in [0.5, 0.6) is 5.75 Å². The molecule has 1 aromatic carbocycles. The smallest absolute Gasteiger partial charge is 0.273 e. The first kappa shape index (κ1) is 17.5. The third-order valence-corrected chi connectivity index (χ3v) is 4.05. The number of carbonyl (C=O) groups is 1. The first-order chi connectivity index (χ1) is 10.9. The highest BCUT2D eigenvalue weighted by Gasteiger charge is 2.18. The van der Waals surface area contributed by atoms with Gasteiger partial charge in [0.15, 0.2) is 5.69 Å². The van der Waals surface area contributed by atoms with E-state index in [1.807, 2.05) is 52.0 Å². The molecule has 0 unspecified atom stereocenters. The molecule has 0 saturated heterocycles. The van der Waals surface area contributed by atoms with E-state index in [2.05, 4.69) is 31.4 Å². The van der Waals surface area contributed by atoms with Crippen LogP contribution < -0.4 is 10.1 Å². The summed E-state index contributed by atoms with van der Waals surface area (Å²) in [5.41, 5.74) is 2.28. The Kier molecular flexibility index (Phi) is 5.82. The van der Waals surface area contributed by atoms with Gasteiger partial charge < -0.3 is 10.1 Å². The van der Waals surface area contributed by atoms with E-state index < -0.39 is 0 Å². The summed E-state index contributed by atoms with van der Waals surface area (Å²) in [6, 6.07) is 7.71. The van der Waals surface area contributed by atoms with E-state index in [0.29, 0.717) is 12.2 Å². The van der Waals surface area contributed by atoms with Crippen molar-refractivity contribution in [2.45, 2.75) is 46.3 Å². The zero-order valence-electron chi connectivity index (χ0n) is 13.8. The zero-order valence-corrected chi connectivity index (χ0v) is 15.4. The van der Waals surface area contributed by atoms with Crippen molar-refractivity contribution in [3.63, 3.8) is 0 Å². The molecule has 0 aliphatic heterocycles. The van der Waals surface area contributed by atoms with E-state index in [1.165, 1.54) is 0 Å². The molecule has 23 heavy (non-hydrogen) atoms. The van der Waals surface area contributed by atoms with Crippen molar-refractivity contribution in [1.82, 2.24) is 15.5 Å². The molecule has 0 radical (unpaired) electrons. The number of halogens is 1. The second-order valence-corrected chi connectivity index (χ2v) is 6.74. The van der Waals surface area contributed by atoms with E-state index >= 15 is 0 Å². The summed E-state index contributed by atoms with van der Waals surface area (Å²) in [6.07, 6.45) is 0.120. The maximum absolute atomic E-state index is 12.3. The van der Waals surface area contributed by atoms with Crippen molar-refractivity contribution in [3.8, 4) is 5.75 Å². The molecule has 0 aliphatic rings. The SMILES string of the molecule is CC(C)Oc1cccc(CNC(=O)c2n[nH]c(C(C)C)c2Br)c1. The number of amides is 1. The Balaban J connectivity index is 2.02. The van der Waals surface area contributed by atoms with Crippen LogP contribution in [0.2, 0.25) is 0 Å². The molecule has 0 fully saturated rings. The average molecular weight is 380 g/mol. The van der Waals surface area contributed by atoms with Gasteiger partial charge in [0.05, 0.1) is 16.3 Å². The first-order valence-electron chi connectivity index (χ1n) is 7.66. The van der Waals surface area contributed by atoms with Crippen LogP contribution in [0.15, 0.2) is 28.7 Å². The number of benzene rings is 1. The molecule has 2 N–H and O–H groups in total. The number of H-pyrrole nitrogens is 1. The Labute approximate surface area is 144 Å². The number of aromatic amines is 1. The average Bonchev–Trinajstić information content (AvgIpc) is 2.86. The standard InChI is InChI=1S/C17H22BrN3O2/c1-10(2)15-14(18)16(21-20-15)17(22)19-9-12-6-5-7-13(8-12)23-11(3)4/h5-8,10-11H,9H2,1-4H3,(H,19,22)(H,20,21). The largest absolute Gasteiger partial charge is 0.491 e. The Morgan fingerprint density at radius 2 is 2.09 bits per heavy atom. The molecular weight excluding hydrogens is 358 g/mol. The Hall–Kier alpha value is -1.82. The molecule has 6 heteroatoms. The van der Waals surface area contributed by atoms with Crippen molar-refractivity contribution < 1.29 is 9.53 Å². The Bertz CT molecular complexity index is 680. The molecule has 0 spiro atoms. The fourth-order valence-corrected chi connectivity index (χ4v) is 2.96. The summed E-state index contributed by atoms with van der Waals surface area (Å²) in [6.45, 7) is 8.47. The van der Waals surface area contributed by atoms with Gasteiger partial charge in [-0.25, -0.2) is 0 Å². The summed E-state index contributed by atoms with van der Waals surface area (Å²) in [5.74, 6) is 0.855. The number of nitrogens with zero attached hydrogens (tertiary/aromatic N) is 1. The van der Waals surface area contributed by atoms with Gasteiger partial charge in [0.25, 0.3) is 5.91 Å². The molecule has 2 aromatic rings. The fourth-order valence-electron chi connectivity index (χ4n) is 2.14. The van der Waals surface area contributed by atoms with Gasteiger partial charge in [-0.2, -0.15) is 5.10 Å². The predicted octanol–water partition coefficient (Wildman–Crippen LogP) is 4.01. The van der Waals surface area contributed by atoms with Crippen molar-refractivity contribution in [3.05, 3.63) is 45.7 Å². The molecule has 124 valence electrons. The molecule has 5 nitrogen and oxygen atoms in total. The van der Waals surface area contributed by atoms with Crippen LogP contribution in [-0.2, 0) is 6.54 Å². The fraction of sp³-hybridized carbons (Fsp3) is 0.412. The Morgan fingerprint density at radius 1 is 1.35 bits per heavy atom. The van der Waals surface area contributed by atoms with Gasteiger partial charge in [0.1, 0.15) is 5.75 Å². The molecule has 1 aromatic heterocycles. The number of nitrogens with one attached hydrogen (secondary N) is 2. The van der Waals surface area contributed by atoms with E-state index in [0.717, 1.165) is 21.5 Å². The number of ether oxygens (including phenoxy) is 1. The van der Waals surface area contributed by atoms with Crippen LogP contribution >= 0.6 is 15.9 Å². The minimum Gasteiger partial charge on any atom is -0.491 e. The van der Waals surface area contributed by atoms with Gasteiger partial charge in [0.2, 0.25) is 0 Å². The van der Waals surface area contributed by atoms with Crippen molar-refractivity contribution in [2.75, 3.05) is 0 Å². The number of hydrogen-bond donors (Lipinski definition) is 2. The van der Waals surface area contributed by atoms with E-state index in [-0.39, 0.29) is 17.9 Å². The molecule has 0 aliphatic carbocycles. The molecular formula is C17H22BrN3O2. The maximum Gasteiger partial charge on any atom is 0.273 e. The number of aromatic nitrogens is 2. The maximum atomic E-state index is 12.3. The van der Waals surface area contributed by atoms with Gasteiger partial charge in [-0.05, 0) is 53.4 Å². The van der Waals surface area contributed by atoms with Crippen LogP contribution in [-0.4, -0.2) is 22.2 Å².